The molecule has 2 atom stereocenters. The molecule has 2 N–H and O–H groups in total. The molecule has 0 spiro atoms. The third-order valence-electron chi connectivity index (χ3n) is 4.87. The Labute approximate surface area is 166 Å². The summed E-state index contributed by atoms with van der Waals surface area (Å²) in [5.74, 6) is 1.29. The lowest BCUT2D eigenvalue weighted by molar-refractivity contribution is -0.121. The van der Waals surface area contributed by atoms with Gasteiger partial charge in [-0.3, -0.25) is 4.79 Å². The number of carbonyl (C=O) groups is 1. The quantitative estimate of drug-likeness (QED) is 0.702. The van der Waals surface area contributed by atoms with Gasteiger partial charge in [0.05, 0.1) is 0 Å². The van der Waals surface area contributed by atoms with Crippen molar-refractivity contribution < 1.29 is 13.2 Å². The second kappa shape index (κ2) is 9.01. The summed E-state index contributed by atoms with van der Waals surface area (Å²) in [6.07, 6.45) is 1.19. The van der Waals surface area contributed by atoms with Crippen molar-refractivity contribution >= 4 is 39.7 Å². The third kappa shape index (κ3) is 4.98. The van der Waals surface area contributed by atoms with Crippen LogP contribution in [0.2, 0.25) is 0 Å². The van der Waals surface area contributed by atoms with E-state index in [1.807, 2.05) is 19.9 Å². The minimum atomic E-state index is -3.38. The van der Waals surface area contributed by atoms with Crippen LogP contribution in [0.15, 0.2) is 16.3 Å². The van der Waals surface area contributed by atoms with Crippen LogP contribution in [0.25, 0.3) is 0 Å². The summed E-state index contributed by atoms with van der Waals surface area (Å²) >= 11 is 1.32. The first kappa shape index (κ1) is 21.6. The van der Waals surface area contributed by atoms with Crippen LogP contribution in [-0.2, 0) is 21.2 Å². The van der Waals surface area contributed by atoms with Gasteiger partial charge in [-0.05, 0) is 49.4 Å². The average molecular weight is 422 g/mol. The maximum atomic E-state index is 12.8. The van der Waals surface area contributed by atoms with Gasteiger partial charge in [-0.25, -0.2) is 8.42 Å². The monoisotopic (exact) mass is 421 g/mol. The van der Waals surface area contributed by atoms with Crippen molar-refractivity contribution in [1.29, 1.82) is 0 Å². The molecule has 0 aliphatic carbocycles. The molecule has 2 saturated heterocycles. The lowest BCUT2D eigenvalue weighted by Gasteiger charge is -2.16. The molecule has 6 nitrogen and oxygen atoms in total. The van der Waals surface area contributed by atoms with Gasteiger partial charge in [0.2, 0.25) is 5.91 Å². The van der Waals surface area contributed by atoms with Crippen molar-refractivity contribution in [3.05, 3.63) is 17.0 Å². The zero-order valence-corrected chi connectivity index (χ0v) is 17.7. The van der Waals surface area contributed by atoms with E-state index in [-0.39, 0.29) is 18.3 Å². The summed E-state index contributed by atoms with van der Waals surface area (Å²) in [4.78, 5) is 12.7. The summed E-state index contributed by atoms with van der Waals surface area (Å²) in [5.41, 5.74) is 0. The zero-order valence-electron chi connectivity index (χ0n) is 15.2. The first-order chi connectivity index (χ1) is 11.9. The van der Waals surface area contributed by atoms with Gasteiger partial charge >= 0.3 is 0 Å². The van der Waals surface area contributed by atoms with Gasteiger partial charge in [0.25, 0.3) is 10.0 Å². The molecular formula is C17H28ClN3O3S2. The van der Waals surface area contributed by atoms with Crippen molar-refractivity contribution in [3.63, 3.8) is 0 Å². The number of amides is 1. The van der Waals surface area contributed by atoms with Gasteiger partial charge in [-0.1, -0.05) is 13.8 Å². The smallest absolute Gasteiger partial charge is 0.252 e. The number of halogens is 1. The number of nitrogens with one attached hydrogen (secondary N) is 2. The number of carbonyl (C=O) groups excluding carboxylic acids is 1. The highest BCUT2D eigenvalue weighted by molar-refractivity contribution is 7.91. The molecule has 3 heterocycles. The zero-order chi connectivity index (χ0) is 18.0. The molecule has 0 saturated carbocycles. The fourth-order valence-electron chi connectivity index (χ4n) is 3.54. The van der Waals surface area contributed by atoms with Gasteiger partial charge < -0.3 is 10.6 Å². The molecule has 3 rings (SSSR count). The lowest BCUT2D eigenvalue weighted by Crippen LogP contribution is -2.31. The average Bonchev–Trinajstić information content (AvgIpc) is 3.21. The van der Waals surface area contributed by atoms with Crippen LogP contribution in [-0.4, -0.2) is 51.4 Å². The fraction of sp³-hybridized carbons (Fsp3) is 0.706. The number of sulfonamides is 1. The standard InChI is InChI=1S/C17H27N3O3S2.ClH/c1-12(2)7-16(21)19-6-5-15-3-4-17(24-15)25(22,23)20-10-13-8-18-9-14(13)11-20;/h3-4,12-14,18H,5-11H2,1-2H3,(H,19,21);1H/t13-,14+;. The predicted octanol–water partition coefficient (Wildman–Crippen LogP) is 1.71. The molecule has 1 amide bonds. The molecule has 0 bridgehead atoms. The van der Waals surface area contributed by atoms with Gasteiger partial charge in [0, 0.05) is 30.9 Å². The predicted molar refractivity (Wildman–Crippen MR) is 106 cm³/mol. The van der Waals surface area contributed by atoms with E-state index < -0.39 is 10.0 Å². The molecule has 0 radical (unpaired) electrons. The minimum absolute atomic E-state index is 0. The maximum Gasteiger partial charge on any atom is 0.252 e. The third-order valence-corrected chi connectivity index (χ3v) is 8.32. The molecule has 2 aliphatic heterocycles. The van der Waals surface area contributed by atoms with Crippen LogP contribution in [0, 0.1) is 17.8 Å². The fourth-order valence-corrected chi connectivity index (χ4v) is 6.60. The summed E-state index contributed by atoms with van der Waals surface area (Å²) in [6, 6.07) is 3.57. The van der Waals surface area contributed by atoms with E-state index in [2.05, 4.69) is 10.6 Å². The maximum absolute atomic E-state index is 12.8. The summed E-state index contributed by atoms with van der Waals surface area (Å²) in [6.45, 7) is 7.66. The lowest BCUT2D eigenvalue weighted by atomic mass is 10.0. The first-order valence-electron chi connectivity index (χ1n) is 8.92. The van der Waals surface area contributed by atoms with E-state index in [1.165, 1.54) is 11.3 Å². The van der Waals surface area contributed by atoms with Crippen molar-refractivity contribution in [2.75, 3.05) is 32.7 Å². The highest BCUT2D eigenvalue weighted by atomic mass is 35.5. The van der Waals surface area contributed by atoms with Crippen molar-refractivity contribution in [3.8, 4) is 0 Å². The number of hydrogen-bond acceptors (Lipinski definition) is 5. The molecule has 2 aliphatic rings. The van der Waals surface area contributed by atoms with Crippen molar-refractivity contribution in [2.24, 2.45) is 17.8 Å². The molecule has 0 aromatic carbocycles. The SMILES string of the molecule is CC(C)CC(=O)NCCc1ccc(S(=O)(=O)N2C[C@H]3CNC[C@H]3C2)s1.Cl. The summed E-state index contributed by atoms with van der Waals surface area (Å²) in [7, 11) is -3.38. The van der Waals surface area contributed by atoms with Gasteiger partial charge in [0.1, 0.15) is 4.21 Å². The van der Waals surface area contributed by atoms with E-state index >= 15 is 0 Å². The second-order valence-electron chi connectivity index (χ2n) is 7.42. The summed E-state index contributed by atoms with van der Waals surface area (Å²) < 4.78 is 27.7. The van der Waals surface area contributed by atoms with Crippen molar-refractivity contribution in [2.45, 2.75) is 30.9 Å². The molecule has 2 fully saturated rings. The molecular weight excluding hydrogens is 394 g/mol. The summed E-state index contributed by atoms with van der Waals surface area (Å²) in [5, 5.41) is 6.22. The Bertz CT molecular complexity index is 709. The van der Waals surface area contributed by atoms with Crippen LogP contribution in [0.5, 0.6) is 0 Å². The van der Waals surface area contributed by atoms with Crippen LogP contribution < -0.4 is 10.6 Å². The Kier molecular flexibility index (Phi) is 7.50. The van der Waals surface area contributed by atoms with E-state index in [9.17, 15) is 13.2 Å². The molecule has 1 aromatic rings. The molecule has 9 heteroatoms. The second-order valence-corrected chi connectivity index (χ2v) is 10.8. The van der Waals surface area contributed by atoms with Crippen LogP contribution in [0.3, 0.4) is 0 Å². The number of nitrogens with zero attached hydrogens (tertiary/aromatic N) is 1. The largest absolute Gasteiger partial charge is 0.356 e. The molecule has 0 unspecified atom stereocenters. The van der Waals surface area contributed by atoms with Gasteiger partial charge in [-0.2, -0.15) is 4.31 Å². The van der Waals surface area contributed by atoms with Crippen LogP contribution >= 0.6 is 23.7 Å². The number of fused-ring (bicyclic) bond motifs is 1. The van der Waals surface area contributed by atoms with Gasteiger partial charge in [0.15, 0.2) is 0 Å². The Morgan fingerprint density at radius 2 is 1.96 bits per heavy atom. The minimum Gasteiger partial charge on any atom is -0.356 e. The number of rotatable bonds is 7. The normalized spacial score (nSPS) is 23.0. The van der Waals surface area contributed by atoms with E-state index in [0.717, 1.165) is 18.0 Å². The highest BCUT2D eigenvalue weighted by Crippen LogP contribution is 2.33. The topological polar surface area (TPSA) is 78.5 Å². The molecule has 148 valence electrons. The Morgan fingerprint density at radius 1 is 1.31 bits per heavy atom. The van der Waals surface area contributed by atoms with Crippen LogP contribution in [0.1, 0.15) is 25.1 Å². The number of thiophene rings is 1. The number of hydrogen-bond donors (Lipinski definition) is 2. The van der Waals surface area contributed by atoms with Crippen LogP contribution in [0.4, 0.5) is 0 Å². The first-order valence-corrected chi connectivity index (χ1v) is 11.2. The molecule has 1 aromatic heterocycles. The van der Waals surface area contributed by atoms with Gasteiger partial charge in [-0.15, -0.1) is 23.7 Å². The Hall–Kier alpha value is -0.670. The van der Waals surface area contributed by atoms with E-state index in [0.29, 0.717) is 54.4 Å². The van der Waals surface area contributed by atoms with E-state index in [1.54, 1.807) is 10.4 Å². The van der Waals surface area contributed by atoms with Crippen molar-refractivity contribution in [1.82, 2.24) is 14.9 Å². The Morgan fingerprint density at radius 3 is 2.58 bits per heavy atom. The molecule has 26 heavy (non-hydrogen) atoms. The highest BCUT2D eigenvalue weighted by Gasteiger charge is 2.41. The van der Waals surface area contributed by atoms with E-state index in [4.69, 9.17) is 0 Å². The Balaban J connectivity index is 0.00000243.